The molecule has 0 aliphatic heterocycles. The largest absolute Gasteiger partial charge is 0.471 e. The van der Waals surface area contributed by atoms with Crippen molar-refractivity contribution in [3.8, 4) is 5.75 Å². The van der Waals surface area contributed by atoms with Crippen molar-refractivity contribution in [2.24, 2.45) is 5.92 Å². The third-order valence-corrected chi connectivity index (χ3v) is 4.00. The molecular formula is C17H17Cl2N5O2. The van der Waals surface area contributed by atoms with Crippen molar-refractivity contribution >= 4 is 34.8 Å². The van der Waals surface area contributed by atoms with Crippen LogP contribution in [0.15, 0.2) is 49.1 Å². The van der Waals surface area contributed by atoms with Gasteiger partial charge < -0.3 is 10.1 Å². The zero-order valence-corrected chi connectivity index (χ0v) is 15.5. The van der Waals surface area contributed by atoms with Crippen LogP contribution in [0.1, 0.15) is 6.92 Å². The van der Waals surface area contributed by atoms with Gasteiger partial charge in [-0.25, -0.2) is 4.68 Å². The maximum atomic E-state index is 12.3. The number of aromatic nitrogens is 4. The zero-order valence-electron chi connectivity index (χ0n) is 14.0. The Balaban J connectivity index is 1.51. The molecule has 1 amide bonds. The Morgan fingerprint density at radius 3 is 2.73 bits per heavy atom. The number of hydrogen-bond donors (Lipinski definition) is 1. The Kier molecular flexibility index (Phi) is 5.80. The quantitative estimate of drug-likeness (QED) is 0.663. The molecule has 1 unspecified atom stereocenters. The average Bonchev–Trinajstić information content (AvgIpc) is 3.22. The molecule has 0 aliphatic carbocycles. The predicted molar refractivity (Wildman–Crippen MR) is 99.3 cm³/mol. The number of nitrogens with zero attached hydrogens (tertiary/aromatic N) is 4. The van der Waals surface area contributed by atoms with Crippen molar-refractivity contribution in [1.82, 2.24) is 19.6 Å². The third-order valence-electron chi connectivity index (χ3n) is 3.57. The fraction of sp³-hybridized carbons (Fsp3) is 0.235. The predicted octanol–water partition coefficient (Wildman–Crippen LogP) is 3.70. The monoisotopic (exact) mass is 393 g/mol. The van der Waals surface area contributed by atoms with Crippen LogP contribution in [-0.4, -0.2) is 25.5 Å². The minimum atomic E-state index is -0.281. The van der Waals surface area contributed by atoms with Gasteiger partial charge in [0.05, 0.1) is 41.8 Å². The molecule has 0 bridgehead atoms. The van der Waals surface area contributed by atoms with E-state index in [2.05, 4.69) is 15.5 Å². The van der Waals surface area contributed by atoms with Crippen LogP contribution in [0.2, 0.25) is 10.0 Å². The lowest BCUT2D eigenvalue weighted by molar-refractivity contribution is -0.119. The van der Waals surface area contributed by atoms with E-state index in [0.29, 0.717) is 28.0 Å². The minimum Gasteiger partial charge on any atom is -0.471 e. The van der Waals surface area contributed by atoms with Crippen molar-refractivity contribution in [2.75, 3.05) is 5.32 Å². The maximum absolute atomic E-state index is 12.3. The normalized spacial score (nSPS) is 12.0. The highest BCUT2D eigenvalue weighted by molar-refractivity contribution is 6.30. The lowest BCUT2D eigenvalue weighted by Gasteiger charge is -2.11. The number of carbonyl (C=O) groups is 1. The molecular weight excluding hydrogens is 377 g/mol. The molecule has 26 heavy (non-hydrogen) atoms. The summed E-state index contributed by atoms with van der Waals surface area (Å²) in [5.74, 6) is 0.231. The summed E-state index contributed by atoms with van der Waals surface area (Å²) in [5, 5.41) is 12.2. The van der Waals surface area contributed by atoms with Crippen molar-refractivity contribution in [1.29, 1.82) is 0 Å². The minimum absolute atomic E-state index is 0.132. The van der Waals surface area contributed by atoms with E-state index in [4.69, 9.17) is 27.9 Å². The van der Waals surface area contributed by atoms with Gasteiger partial charge in [-0.3, -0.25) is 9.48 Å². The average molecular weight is 394 g/mol. The number of nitrogens with one attached hydrogen (secondary N) is 1. The summed E-state index contributed by atoms with van der Waals surface area (Å²) in [6, 6.07) is 7.10. The fourth-order valence-corrected chi connectivity index (χ4v) is 2.60. The number of halogens is 2. The lowest BCUT2D eigenvalue weighted by Crippen LogP contribution is -2.24. The van der Waals surface area contributed by atoms with Crippen LogP contribution in [-0.2, 0) is 18.1 Å². The van der Waals surface area contributed by atoms with Gasteiger partial charge in [0.25, 0.3) is 0 Å². The van der Waals surface area contributed by atoms with E-state index in [-0.39, 0.29) is 18.6 Å². The number of carbonyl (C=O) groups excluding carboxylic acids is 1. The Morgan fingerprint density at radius 2 is 2.00 bits per heavy atom. The summed E-state index contributed by atoms with van der Waals surface area (Å²) in [6.45, 7) is 2.46. The second-order valence-corrected chi connectivity index (χ2v) is 6.64. The van der Waals surface area contributed by atoms with Crippen LogP contribution in [0.3, 0.4) is 0 Å². The molecule has 2 heterocycles. The zero-order chi connectivity index (χ0) is 18.5. The summed E-state index contributed by atoms with van der Waals surface area (Å²) >= 11 is 11.7. The molecule has 0 fully saturated rings. The number of anilines is 1. The summed E-state index contributed by atoms with van der Waals surface area (Å²) < 4.78 is 8.81. The van der Waals surface area contributed by atoms with Crippen molar-refractivity contribution in [2.45, 2.75) is 20.2 Å². The van der Waals surface area contributed by atoms with Crippen LogP contribution in [0.25, 0.3) is 0 Å². The molecule has 2 aromatic heterocycles. The van der Waals surface area contributed by atoms with Gasteiger partial charge in [0.2, 0.25) is 5.91 Å². The lowest BCUT2D eigenvalue weighted by atomic mass is 10.1. The highest BCUT2D eigenvalue weighted by Crippen LogP contribution is 2.18. The SMILES string of the molecule is CC(Cn1cc(Cl)cn1)C(=O)Nc1cnn(COc2cccc(Cl)c2)c1. The molecule has 0 saturated carbocycles. The first kappa shape index (κ1) is 18.3. The highest BCUT2D eigenvalue weighted by atomic mass is 35.5. The molecule has 3 rings (SSSR count). The van der Waals surface area contributed by atoms with Crippen molar-refractivity contribution in [3.05, 3.63) is 59.1 Å². The Labute approximate surface area is 160 Å². The number of benzene rings is 1. The van der Waals surface area contributed by atoms with Crippen LogP contribution in [0, 0.1) is 5.92 Å². The smallest absolute Gasteiger partial charge is 0.229 e. The first-order chi connectivity index (χ1) is 12.5. The number of hydrogen-bond acceptors (Lipinski definition) is 4. The van der Waals surface area contributed by atoms with Crippen LogP contribution in [0.5, 0.6) is 5.75 Å². The third kappa shape index (κ3) is 5.00. The molecule has 0 saturated heterocycles. The van der Waals surface area contributed by atoms with Crippen molar-refractivity contribution in [3.63, 3.8) is 0 Å². The first-order valence-electron chi connectivity index (χ1n) is 7.89. The van der Waals surface area contributed by atoms with E-state index >= 15 is 0 Å². The van der Waals surface area contributed by atoms with Gasteiger partial charge in [0.15, 0.2) is 6.73 Å². The van der Waals surface area contributed by atoms with Crippen LogP contribution >= 0.6 is 23.2 Å². The second-order valence-electron chi connectivity index (χ2n) is 5.77. The van der Waals surface area contributed by atoms with Gasteiger partial charge in [-0.05, 0) is 18.2 Å². The molecule has 3 aromatic rings. The Bertz CT molecular complexity index is 893. The molecule has 1 N–H and O–H groups in total. The summed E-state index contributed by atoms with van der Waals surface area (Å²) in [7, 11) is 0. The Hall–Kier alpha value is -2.51. The maximum Gasteiger partial charge on any atom is 0.229 e. The molecule has 136 valence electrons. The van der Waals surface area contributed by atoms with Crippen LogP contribution in [0.4, 0.5) is 5.69 Å². The van der Waals surface area contributed by atoms with Gasteiger partial charge >= 0.3 is 0 Å². The van der Waals surface area contributed by atoms with E-state index in [9.17, 15) is 4.79 Å². The van der Waals surface area contributed by atoms with Gasteiger partial charge in [0, 0.05) is 11.2 Å². The van der Waals surface area contributed by atoms with Gasteiger partial charge in [0.1, 0.15) is 5.75 Å². The van der Waals surface area contributed by atoms with E-state index in [1.807, 2.05) is 6.92 Å². The highest BCUT2D eigenvalue weighted by Gasteiger charge is 2.15. The number of ether oxygens (including phenoxy) is 1. The summed E-state index contributed by atoms with van der Waals surface area (Å²) in [4.78, 5) is 12.3. The molecule has 9 heteroatoms. The number of amides is 1. The molecule has 0 spiro atoms. The first-order valence-corrected chi connectivity index (χ1v) is 8.65. The molecule has 1 aromatic carbocycles. The summed E-state index contributed by atoms with van der Waals surface area (Å²) in [5.41, 5.74) is 0.593. The van der Waals surface area contributed by atoms with Gasteiger partial charge in [-0.2, -0.15) is 10.2 Å². The standard InChI is InChI=1S/C17H17Cl2N5O2/c1-12(8-23-9-14(19)6-20-23)17(25)22-15-7-21-24(10-15)11-26-16-4-2-3-13(18)5-16/h2-7,9-10,12H,8,11H2,1H3,(H,22,25). The second kappa shape index (κ2) is 8.25. The van der Waals surface area contributed by atoms with E-state index in [1.54, 1.807) is 52.2 Å². The molecule has 0 radical (unpaired) electrons. The van der Waals surface area contributed by atoms with E-state index < -0.39 is 0 Å². The molecule has 0 aliphatic rings. The Morgan fingerprint density at radius 1 is 1.19 bits per heavy atom. The number of rotatable bonds is 7. The fourth-order valence-electron chi connectivity index (χ4n) is 2.26. The van der Waals surface area contributed by atoms with Crippen molar-refractivity contribution < 1.29 is 9.53 Å². The van der Waals surface area contributed by atoms with E-state index in [1.165, 1.54) is 6.20 Å². The summed E-state index contributed by atoms with van der Waals surface area (Å²) in [6.07, 6.45) is 6.48. The van der Waals surface area contributed by atoms with Crippen LogP contribution < -0.4 is 10.1 Å². The molecule has 7 nitrogen and oxygen atoms in total. The topological polar surface area (TPSA) is 74.0 Å². The van der Waals surface area contributed by atoms with Gasteiger partial charge in [-0.15, -0.1) is 0 Å². The van der Waals surface area contributed by atoms with Gasteiger partial charge in [-0.1, -0.05) is 36.2 Å². The molecule has 1 atom stereocenters. The van der Waals surface area contributed by atoms with E-state index in [0.717, 1.165) is 0 Å².